The highest BCUT2D eigenvalue weighted by atomic mass is 32.2. The van der Waals surface area contributed by atoms with Crippen LogP contribution in [0.4, 0.5) is 11.4 Å². The smallest absolute Gasteiger partial charge is 0.311 e. The Morgan fingerprint density at radius 3 is 1.71 bits per heavy atom. The Morgan fingerprint density at radius 1 is 0.658 bits per heavy atom. The lowest BCUT2D eigenvalue weighted by Gasteiger charge is -2.35. The van der Waals surface area contributed by atoms with E-state index in [-0.39, 0.29) is 48.8 Å². The molecular formula is C64H91N3O8S-2. The Morgan fingerprint density at radius 2 is 1.17 bits per heavy atom. The summed E-state index contributed by atoms with van der Waals surface area (Å²) in [5, 5.41) is 8.88. The quantitative estimate of drug-likeness (QED) is 0.0333. The van der Waals surface area contributed by atoms with Gasteiger partial charge in [0.1, 0.15) is 12.7 Å². The first-order valence-corrected chi connectivity index (χ1v) is 28.7. The summed E-state index contributed by atoms with van der Waals surface area (Å²) in [5.74, 6) is -0.977. The number of esters is 2. The molecule has 3 atom stereocenters. The molecule has 1 aliphatic rings. The first-order chi connectivity index (χ1) is 35.2. The van der Waals surface area contributed by atoms with Crippen molar-refractivity contribution in [1.29, 1.82) is 0 Å². The number of amides is 1. The zero-order valence-corrected chi connectivity index (χ0v) is 49.4. The van der Waals surface area contributed by atoms with Gasteiger partial charge in [0.15, 0.2) is 0 Å². The van der Waals surface area contributed by atoms with Crippen molar-refractivity contribution in [3.63, 3.8) is 0 Å². The molecule has 11 nitrogen and oxygen atoms in total. The predicted octanol–water partition coefficient (Wildman–Crippen LogP) is 14.4. The van der Waals surface area contributed by atoms with Gasteiger partial charge in [-0.1, -0.05) is 144 Å². The van der Waals surface area contributed by atoms with Gasteiger partial charge >= 0.3 is 11.9 Å². The van der Waals surface area contributed by atoms with Crippen LogP contribution in [0.1, 0.15) is 169 Å². The Balaban J connectivity index is 0.000000389. The van der Waals surface area contributed by atoms with E-state index in [9.17, 15) is 27.4 Å². The second kappa shape index (κ2) is 28.6. The zero-order chi connectivity index (χ0) is 55.8. The molecule has 3 unspecified atom stereocenters. The van der Waals surface area contributed by atoms with Crippen molar-refractivity contribution in [2.75, 3.05) is 29.1 Å². The van der Waals surface area contributed by atoms with Crippen molar-refractivity contribution in [2.24, 2.45) is 16.2 Å². The van der Waals surface area contributed by atoms with Crippen LogP contribution in [0.15, 0.2) is 115 Å². The van der Waals surface area contributed by atoms with Crippen molar-refractivity contribution in [3.8, 4) is 0 Å². The third-order valence-electron chi connectivity index (χ3n) is 14.9. The van der Waals surface area contributed by atoms with Gasteiger partial charge in [0.05, 0.1) is 32.7 Å². The number of hydrogen-bond acceptors (Lipinski definition) is 10. The van der Waals surface area contributed by atoms with E-state index in [0.717, 1.165) is 62.9 Å². The standard InChI is InChI=1S/C40H50N2O2.C13H18O2.C10H21NO4S.CH3/c1-7-40(5,6)39(43)44-37-17-13-12-16-36(37)41-35-27-26-34(32-14-10-11-15-33(32)35)38(29-20-18-28(4)19-21-29)30-22-24-31(25-23-30)42(8-2)9-3;1-4-13(2,3)12(14)15-10-11-8-6-5-7-9-11;1-6-9(2,3)8(12)11-10(4,5)7-16(13,14)15;/h10-11,14-15,18-27,36-38,41H,7-9,12-13,16-17H2,1-6H3;5-9H,4,10H2,1-3H3;6-7H2,1-5H3,(H,11,12)(H,13,14,15);1H3/q;;;-1/p-1. The molecule has 12 heteroatoms. The molecule has 1 amide bonds. The van der Waals surface area contributed by atoms with Gasteiger partial charge in [0.25, 0.3) is 0 Å². The van der Waals surface area contributed by atoms with E-state index in [1.165, 1.54) is 52.6 Å². The van der Waals surface area contributed by atoms with Crippen LogP contribution in [-0.4, -0.2) is 67.3 Å². The summed E-state index contributed by atoms with van der Waals surface area (Å²) in [6, 6.07) is 41.2. The predicted molar refractivity (Wildman–Crippen MR) is 313 cm³/mol. The van der Waals surface area contributed by atoms with Gasteiger partial charge in [0, 0.05) is 46.7 Å². The Bertz CT molecular complexity index is 2710. The van der Waals surface area contributed by atoms with Gasteiger partial charge < -0.3 is 37.0 Å². The maximum Gasteiger partial charge on any atom is 0.311 e. The lowest BCUT2D eigenvalue weighted by molar-refractivity contribution is -0.161. The van der Waals surface area contributed by atoms with Gasteiger partial charge in [-0.3, -0.25) is 14.4 Å². The summed E-state index contributed by atoms with van der Waals surface area (Å²) in [6.07, 6.45) is 6.20. The molecule has 5 aromatic rings. The Hall–Kier alpha value is -5.72. The molecule has 0 spiro atoms. The molecule has 0 aliphatic heterocycles. The second-order valence-corrected chi connectivity index (χ2v) is 24.1. The topological polar surface area (TPSA) is 154 Å². The minimum atomic E-state index is -4.34. The molecule has 418 valence electrons. The molecule has 0 bridgehead atoms. The molecule has 2 N–H and O–H groups in total. The van der Waals surface area contributed by atoms with Crippen molar-refractivity contribution in [3.05, 3.63) is 151 Å². The summed E-state index contributed by atoms with van der Waals surface area (Å²) >= 11 is 0. The van der Waals surface area contributed by atoms with Crippen molar-refractivity contribution in [1.82, 2.24) is 5.32 Å². The number of carbonyl (C=O) groups excluding carboxylic acids is 3. The number of benzene rings is 5. The van der Waals surface area contributed by atoms with E-state index in [1.807, 2.05) is 71.9 Å². The molecular weight excluding hydrogens is 971 g/mol. The van der Waals surface area contributed by atoms with E-state index in [0.29, 0.717) is 13.0 Å². The minimum absolute atomic E-state index is 0. The number of nitrogens with zero attached hydrogens (tertiary/aromatic N) is 1. The van der Waals surface area contributed by atoms with E-state index < -0.39 is 32.2 Å². The van der Waals surface area contributed by atoms with Crippen LogP contribution < -0.4 is 15.5 Å². The highest BCUT2D eigenvalue weighted by Gasteiger charge is 2.35. The summed E-state index contributed by atoms with van der Waals surface area (Å²) in [6.45, 7) is 29.2. The Kier molecular flexibility index (Phi) is 24.3. The maximum absolute atomic E-state index is 13.0. The number of carbonyl (C=O) groups is 3. The van der Waals surface area contributed by atoms with E-state index in [4.69, 9.17) is 9.47 Å². The van der Waals surface area contributed by atoms with Gasteiger partial charge in [-0.25, -0.2) is 8.42 Å². The molecule has 1 saturated carbocycles. The molecule has 1 fully saturated rings. The normalized spacial score (nSPS) is 15.3. The molecule has 6 rings (SSSR count). The van der Waals surface area contributed by atoms with Crippen LogP contribution in [0.2, 0.25) is 0 Å². The number of fused-ring (bicyclic) bond motifs is 1. The molecule has 5 aromatic carbocycles. The summed E-state index contributed by atoms with van der Waals surface area (Å²) in [4.78, 5) is 38.8. The number of anilines is 2. The van der Waals surface area contributed by atoms with Crippen molar-refractivity contribution >= 4 is 50.1 Å². The molecule has 0 saturated heterocycles. The SMILES string of the molecule is CCC(C)(C)C(=O)NC(C)(C)CS(=O)(=O)[O-].CCC(C)(C)C(=O)OCc1ccccc1.CCN(CC)c1ccc(C(c2ccc(C)cc2)c2ccc(NC3CCCCC3OC(=O)C(C)(C)CC)c3ccccc23)cc1.[CH3-]. The van der Waals surface area contributed by atoms with Crippen LogP contribution in [0.3, 0.4) is 0 Å². The zero-order valence-electron chi connectivity index (χ0n) is 48.6. The number of nitrogens with one attached hydrogen (secondary N) is 2. The van der Waals surface area contributed by atoms with E-state index >= 15 is 0 Å². The highest BCUT2D eigenvalue weighted by molar-refractivity contribution is 7.85. The average Bonchev–Trinajstić information content (AvgIpc) is 3.37. The fraction of sp³-hybridized carbons (Fsp3) is 0.500. The Labute approximate surface area is 458 Å². The lowest BCUT2D eigenvalue weighted by atomic mass is 9.82. The van der Waals surface area contributed by atoms with Gasteiger partial charge in [-0.2, -0.15) is 0 Å². The lowest BCUT2D eigenvalue weighted by Crippen LogP contribution is -2.52. The molecule has 76 heavy (non-hydrogen) atoms. The van der Waals surface area contributed by atoms with Crippen LogP contribution in [0.25, 0.3) is 10.8 Å². The number of hydrogen-bond donors (Lipinski definition) is 2. The summed E-state index contributed by atoms with van der Waals surface area (Å²) < 4.78 is 43.3. The van der Waals surface area contributed by atoms with Gasteiger partial charge in [0.2, 0.25) is 5.91 Å². The fourth-order valence-electron chi connectivity index (χ4n) is 8.70. The molecule has 0 aromatic heterocycles. The van der Waals surface area contributed by atoms with E-state index in [2.05, 4.69) is 128 Å². The number of rotatable bonds is 20. The van der Waals surface area contributed by atoms with Gasteiger partial charge in [-0.05, 0) is 147 Å². The second-order valence-electron chi connectivity index (χ2n) is 22.6. The molecule has 0 heterocycles. The minimum Gasteiger partial charge on any atom is -0.748 e. The highest BCUT2D eigenvalue weighted by Crippen LogP contribution is 2.40. The summed E-state index contributed by atoms with van der Waals surface area (Å²) in [7, 11) is -4.34. The molecule has 0 radical (unpaired) electrons. The van der Waals surface area contributed by atoms with Crippen molar-refractivity contribution < 1.29 is 36.8 Å². The fourth-order valence-corrected chi connectivity index (χ4v) is 9.65. The molecule has 1 aliphatic carbocycles. The largest absolute Gasteiger partial charge is 0.748 e. The monoisotopic (exact) mass is 1060 g/mol. The third-order valence-corrected chi connectivity index (χ3v) is 16.0. The first kappa shape index (κ1) is 64.6. The van der Waals surface area contributed by atoms with Crippen LogP contribution in [-0.2, 0) is 40.6 Å². The van der Waals surface area contributed by atoms with Crippen molar-refractivity contribution in [2.45, 2.75) is 172 Å². The maximum atomic E-state index is 13.0. The first-order valence-electron chi connectivity index (χ1n) is 27.1. The third kappa shape index (κ3) is 18.8. The number of aryl methyl sites for hydroxylation is 1. The number of ether oxygens (including phenoxy) is 2. The average molecular weight is 1060 g/mol. The van der Waals surface area contributed by atoms with Crippen LogP contribution >= 0.6 is 0 Å². The van der Waals surface area contributed by atoms with E-state index in [1.54, 1.807) is 13.8 Å². The van der Waals surface area contributed by atoms with Crippen LogP contribution in [0, 0.1) is 30.6 Å². The van der Waals surface area contributed by atoms with Gasteiger partial charge in [-0.15, -0.1) is 0 Å². The summed E-state index contributed by atoms with van der Waals surface area (Å²) in [5.41, 5.74) is 6.07. The van der Waals surface area contributed by atoms with Crippen LogP contribution in [0.5, 0.6) is 0 Å².